The van der Waals surface area contributed by atoms with E-state index in [0.717, 1.165) is 36.1 Å². The molecule has 3 nitrogen and oxygen atoms in total. The smallest absolute Gasteiger partial charge is 0.254 e. The molecule has 24 heavy (non-hydrogen) atoms. The van der Waals surface area contributed by atoms with Gasteiger partial charge in [0.1, 0.15) is 0 Å². The molecule has 0 heterocycles. The number of methoxy groups -OCH3 is 1. The first kappa shape index (κ1) is 18.2. The topological polar surface area (TPSA) is 29.5 Å². The number of hydrogen-bond donors (Lipinski definition) is 0. The Balaban J connectivity index is 2.03. The van der Waals surface area contributed by atoms with Crippen LogP contribution in [0.15, 0.2) is 48.5 Å². The van der Waals surface area contributed by atoms with E-state index in [2.05, 4.69) is 24.3 Å². The average Bonchev–Trinajstić information content (AvgIpc) is 2.60. The normalized spacial score (nSPS) is 10.6. The summed E-state index contributed by atoms with van der Waals surface area (Å²) in [5.74, 6) is 0.0984. The Morgan fingerprint density at radius 1 is 1.04 bits per heavy atom. The van der Waals surface area contributed by atoms with Crippen LogP contribution in [-0.2, 0) is 11.2 Å². The molecule has 0 unspecified atom stereocenters. The number of aryl methyl sites for hydroxylation is 3. The molecule has 0 saturated heterocycles. The van der Waals surface area contributed by atoms with Gasteiger partial charge in [-0.2, -0.15) is 0 Å². The summed E-state index contributed by atoms with van der Waals surface area (Å²) in [5.41, 5.74) is 4.24. The lowest BCUT2D eigenvalue weighted by atomic mass is 10.0. The average molecular weight is 325 g/mol. The van der Waals surface area contributed by atoms with Gasteiger partial charge in [-0.3, -0.25) is 4.79 Å². The number of carbonyl (C=O) groups is 1. The monoisotopic (exact) mass is 325 g/mol. The Morgan fingerprint density at radius 3 is 2.50 bits per heavy atom. The summed E-state index contributed by atoms with van der Waals surface area (Å²) >= 11 is 0. The van der Waals surface area contributed by atoms with Crippen LogP contribution < -0.4 is 0 Å². The number of benzene rings is 2. The van der Waals surface area contributed by atoms with Gasteiger partial charge >= 0.3 is 0 Å². The second-order valence-corrected chi connectivity index (χ2v) is 6.19. The molecule has 2 aromatic rings. The third kappa shape index (κ3) is 5.20. The van der Waals surface area contributed by atoms with E-state index in [-0.39, 0.29) is 5.91 Å². The van der Waals surface area contributed by atoms with Crippen molar-refractivity contribution in [2.24, 2.45) is 0 Å². The third-order valence-electron chi connectivity index (χ3n) is 4.21. The molecular weight excluding hydrogens is 298 g/mol. The van der Waals surface area contributed by atoms with Crippen LogP contribution in [0, 0.1) is 13.8 Å². The van der Waals surface area contributed by atoms with Crippen molar-refractivity contribution in [1.29, 1.82) is 0 Å². The Morgan fingerprint density at radius 2 is 1.79 bits per heavy atom. The molecule has 0 radical (unpaired) electrons. The minimum atomic E-state index is 0.0984. The fourth-order valence-corrected chi connectivity index (χ4v) is 2.77. The molecule has 0 N–H and O–H groups in total. The number of carbonyl (C=O) groups excluding carboxylic acids is 1. The SMILES string of the molecule is COCCN(CCCc1ccccc1)C(=O)c1cc(C)ccc1C. The van der Waals surface area contributed by atoms with Gasteiger partial charge in [-0.15, -0.1) is 0 Å². The highest BCUT2D eigenvalue weighted by molar-refractivity contribution is 5.95. The second-order valence-electron chi connectivity index (χ2n) is 6.19. The molecule has 0 saturated carbocycles. The van der Waals surface area contributed by atoms with Crippen LogP contribution in [0.3, 0.4) is 0 Å². The van der Waals surface area contributed by atoms with Crippen LogP contribution in [-0.4, -0.2) is 37.6 Å². The lowest BCUT2D eigenvalue weighted by molar-refractivity contribution is 0.0692. The highest BCUT2D eigenvalue weighted by Gasteiger charge is 2.17. The fraction of sp³-hybridized carbons (Fsp3) is 0.381. The third-order valence-corrected chi connectivity index (χ3v) is 4.21. The summed E-state index contributed by atoms with van der Waals surface area (Å²) in [7, 11) is 1.67. The molecule has 0 aliphatic carbocycles. The number of amides is 1. The van der Waals surface area contributed by atoms with Crippen molar-refractivity contribution >= 4 is 5.91 Å². The van der Waals surface area contributed by atoms with E-state index < -0.39 is 0 Å². The van der Waals surface area contributed by atoms with Crippen molar-refractivity contribution in [2.75, 3.05) is 26.8 Å². The molecular formula is C21H27NO2. The largest absolute Gasteiger partial charge is 0.383 e. The van der Waals surface area contributed by atoms with Crippen LogP contribution in [0.1, 0.15) is 33.5 Å². The molecule has 0 atom stereocenters. The molecule has 0 fully saturated rings. The zero-order valence-corrected chi connectivity index (χ0v) is 14.9. The van der Waals surface area contributed by atoms with Gasteiger partial charge in [0.15, 0.2) is 0 Å². The molecule has 0 aromatic heterocycles. The van der Waals surface area contributed by atoms with Crippen LogP contribution in [0.4, 0.5) is 0 Å². The minimum Gasteiger partial charge on any atom is -0.383 e. The Kier molecular flexibility index (Phi) is 7.01. The summed E-state index contributed by atoms with van der Waals surface area (Å²) in [6.07, 6.45) is 1.93. The van der Waals surface area contributed by atoms with E-state index in [1.165, 1.54) is 5.56 Å². The van der Waals surface area contributed by atoms with E-state index in [4.69, 9.17) is 4.74 Å². The summed E-state index contributed by atoms with van der Waals surface area (Å²) in [6.45, 7) is 5.93. The Labute approximate surface area is 145 Å². The quantitative estimate of drug-likeness (QED) is 0.733. The van der Waals surface area contributed by atoms with E-state index in [0.29, 0.717) is 13.2 Å². The van der Waals surface area contributed by atoms with Gasteiger partial charge in [-0.05, 0) is 43.9 Å². The standard InChI is InChI=1S/C21H27NO2/c1-17-11-12-18(2)20(16-17)21(23)22(14-15-24-3)13-7-10-19-8-5-4-6-9-19/h4-6,8-9,11-12,16H,7,10,13-15H2,1-3H3. The second kappa shape index (κ2) is 9.24. The van der Waals surface area contributed by atoms with Crippen molar-refractivity contribution < 1.29 is 9.53 Å². The first-order valence-corrected chi connectivity index (χ1v) is 8.51. The molecule has 3 heteroatoms. The summed E-state index contributed by atoms with van der Waals surface area (Å²) in [5, 5.41) is 0. The van der Waals surface area contributed by atoms with E-state index in [1.54, 1.807) is 7.11 Å². The van der Waals surface area contributed by atoms with E-state index in [9.17, 15) is 4.79 Å². The highest BCUT2D eigenvalue weighted by atomic mass is 16.5. The van der Waals surface area contributed by atoms with Crippen molar-refractivity contribution in [3.63, 3.8) is 0 Å². The van der Waals surface area contributed by atoms with Crippen molar-refractivity contribution in [2.45, 2.75) is 26.7 Å². The van der Waals surface area contributed by atoms with Crippen LogP contribution in [0.25, 0.3) is 0 Å². The zero-order chi connectivity index (χ0) is 17.4. The zero-order valence-electron chi connectivity index (χ0n) is 14.9. The predicted molar refractivity (Wildman–Crippen MR) is 98.5 cm³/mol. The first-order valence-electron chi connectivity index (χ1n) is 8.51. The maximum Gasteiger partial charge on any atom is 0.254 e. The molecule has 0 spiro atoms. The van der Waals surface area contributed by atoms with Crippen molar-refractivity contribution in [3.05, 3.63) is 70.8 Å². The number of hydrogen-bond acceptors (Lipinski definition) is 2. The summed E-state index contributed by atoms with van der Waals surface area (Å²) in [6, 6.07) is 16.4. The van der Waals surface area contributed by atoms with Crippen molar-refractivity contribution in [3.8, 4) is 0 Å². The number of nitrogens with zero attached hydrogens (tertiary/aromatic N) is 1. The van der Waals surface area contributed by atoms with E-state index >= 15 is 0 Å². The van der Waals surface area contributed by atoms with Crippen molar-refractivity contribution in [1.82, 2.24) is 4.90 Å². The van der Waals surface area contributed by atoms with Gasteiger partial charge in [0, 0.05) is 25.8 Å². The Hall–Kier alpha value is -2.13. The number of ether oxygens (including phenoxy) is 1. The van der Waals surface area contributed by atoms with Gasteiger partial charge in [0.2, 0.25) is 0 Å². The van der Waals surface area contributed by atoms with Gasteiger partial charge in [0.05, 0.1) is 6.61 Å². The first-order chi connectivity index (χ1) is 11.6. The highest BCUT2D eigenvalue weighted by Crippen LogP contribution is 2.14. The van der Waals surface area contributed by atoms with Gasteiger partial charge < -0.3 is 9.64 Å². The molecule has 128 valence electrons. The molecule has 0 aliphatic heterocycles. The molecule has 1 amide bonds. The summed E-state index contributed by atoms with van der Waals surface area (Å²) in [4.78, 5) is 14.8. The molecule has 0 bridgehead atoms. The van der Waals surface area contributed by atoms with Crippen LogP contribution in [0.5, 0.6) is 0 Å². The van der Waals surface area contributed by atoms with Gasteiger partial charge in [-0.25, -0.2) is 0 Å². The lowest BCUT2D eigenvalue weighted by Crippen LogP contribution is -2.35. The fourth-order valence-electron chi connectivity index (χ4n) is 2.77. The minimum absolute atomic E-state index is 0.0984. The predicted octanol–water partition coefficient (Wildman–Crippen LogP) is 4.02. The van der Waals surface area contributed by atoms with Gasteiger partial charge in [-0.1, -0.05) is 48.0 Å². The molecule has 2 aromatic carbocycles. The molecule has 2 rings (SSSR count). The maximum atomic E-state index is 12.9. The maximum absolute atomic E-state index is 12.9. The lowest BCUT2D eigenvalue weighted by Gasteiger charge is -2.23. The van der Waals surface area contributed by atoms with Gasteiger partial charge in [0.25, 0.3) is 5.91 Å². The summed E-state index contributed by atoms with van der Waals surface area (Å²) < 4.78 is 5.18. The molecule has 0 aliphatic rings. The number of rotatable bonds is 8. The van der Waals surface area contributed by atoms with E-state index in [1.807, 2.05) is 43.0 Å². The van der Waals surface area contributed by atoms with Crippen LogP contribution in [0.2, 0.25) is 0 Å². The Bertz CT molecular complexity index is 652. The van der Waals surface area contributed by atoms with Crippen LogP contribution >= 0.6 is 0 Å².